The van der Waals surface area contributed by atoms with Crippen molar-refractivity contribution in [1.29, 1.82) is 0 Å². The van der Waals surface area contributed by atoms with E-state index in [0.29, 0.717) is 5.56 Å². The van der Waals surface area contributed by atoms with E-state index < -0.39 is 5.97 Å². The Labute approximate surface area is 83.8 Å². The molecular formula is C11H15NO2. The molecule has 0 saturated carbocycles. The van der Waals surface area contributed by atoms with E-state index in [-0.39, 0.29) is 0 Å². The third kappa shape index (κ3) is 2.25. The number of anilines is 1. The Bertz CT molecular complexity index is 334. The van der Waals surface area contributed by atoms with Crippen molar-refractivity contribution in [1.82, 2.24) is 0 Å². The molecule has 0 unspecified atom stereocenters. The van der Waals surface area contributed by atoms with Crippen LogP contribution in [0.5, 0.6) is 0 Å². The summed E-state index contributed by atoms with van der Waals surface area (Å²) in [7, 11) is 0. The number of carboxylic acids is 1. The van der Waals surface area contributed by atoms with E-state index >= 15 is 0 Å². The lowest BCUT2D eigenvalue weighted by Gasteiger charge is -2.10. The summed E-state index contributed by atoms with van der Waals surface area (Å²) in [5, 5.41) is 12.1. The van der Waals surface area contributed by atoms with E-state index in [4.69, 9.17) is 5.11 Å². The Kier molecular flexibility index (Phi) is 3.51. The van der Waals surface area contributed by atoms with Crippen LogP contribution in [0.3, 0.4) is 0 Å². The maximum atomic E-state index is 10.8. The van der Waals surface area contributed by atoms with E-state index in [9.17, 15) is 4.79 Å². The quantitative estimate of drug-likeness (QED) is 0.772. The second-order valence-corrected chi connectivity index (χ2v) is 3.21. The molecule has 0 heterocycles. The minimum absolute atomic E-state index is 0.367. The van der Waals surface area contributed by atoms with Crippen LogP contribution < -0.4 is 5.32 Å². The third-order valence-corrected chi connectivity index (χ3v) is 2.13. The summed E-state index contributed by atoms with van der Waals surface area (Å²) < 4.78 is 0. The number of carboxylic acid groups (broad SMARTS) is 1. The van der Waals surface area contributed by atoms with Crippen LogP contribution in [0.4, 0.5) is 5.69 Å². The second-order valence-electron chi connectivity index (χ2n) is 3.21. The van der Waals surface area contributed by atoms with Gasteiger partial charge in [-0.2, -0.15) is 0 Å². The summed E-state index contributed by atoms with van der Waals surface area (Å²) in [6, 6.07) is 5.28. The van der Waals surface area contributed by atoms with Gasteiger partial charge in [0.1, 0.15) is 0 Å². The van der Waals surface area contributed by atoms with Crippen molar-refractivity contribution in [3.05, 3.63) is 29.3 Å². The summed E-state index contributed by atoms with van der Waals surface area (Å²) in [5.74, 6) is -0.873. The van der Waals surface area contributed by atoms with Crippen LogP contribution in [0.15, 0.2) is 18.2 Å². The molecule has 0 aliphatic rings. The highest BCUT2D eigenvalue weighted by atomic mass is 16.4. The zero-order chi connectivity index (χ0) is 10.6. The van der Waals surface area contributed by atoms with Gasteiger partial charge in [-0.15, -0.1) is 0 Å². The van der Waals surface area contributed by atoms with Gasteiger partial charge in [0.15, 0.2) is 0 Å². The van der Waals surface area contributed by atoms with Crippen molar-refractivity contribution in [3.8, 4) is 0 Å². The summed E-state index contributed by atoms with van der Waals surface area (Å²) in [6.45, 7) is 4.76. The van der Waals surface area contributed by atoms with Crippen molar-refractivity contribution >= 4 is 11.7 Å². The molecule has 76 valence electrons. The number of hydrogen-bond acceptors (Lipinski definition) is 2. The highest BCUT2D eigenvalue weighted by Crippen LogP contribution is 2.18. The van der Waals surface area contributed by atoms with Gasteiger partial charge in [0.2, 0.25) is 0 Å². The molecule has 0 radical (unpaired) electrons. The molecule has 0 fully saturated rings. The van der Waals surface area contributed by atoms with Crippen molar-refractivity contribution < 1.29 is 9.90 Å². The van der Waals surface area contributed by atoms with Crippen LogP contribution in [-0.4, -0.2) is 17.6 Å². The Morgan fingerprint density at radius 3 is 2.79 bits per heavy atom. The van der Waals surface area contributed by atoms with Crippen molar-refractivity contribution in [2.45, 2.75) is 20.3 Å². The monoisotopic (exact) mass is 193 g/mol. The number of rotatable bonds is 4. The third-order valence-electron chi connectivity index (χ3n) is 2.13. The maximum absolute atomic E-state index is 10.8. The molecular weight excluding hydrogens is 178 g/mol. The van der Waals surface area contributed by atoms with E-state index in [1.807, 2.05) is 13.0 Å². The highest BCUT2D eigenvalue weighted by molar-refractivity contribution is 5.91. The molecule has 14 heavy (non-hydrogen) atoms. The lowest BCUT2D eigenvalue weighted by Crippen LogP contribution is -2.06. The SMILES string of the molecule is CCCNc1cccc(C(=O)O)c1C. The van der Waals surface area contributed by atoms with Gasteiger partial charge < -0.3 is 10.4 Å². The fourth-order valence-electron chi connectivity index (χ4n) is 1.32. The maximum Gasteiger partial charge on any atom is 0.336 e. The van der Waals surface area contributed by atoms with Crippen LogP contribution in [0.1, 0.15) is 29.3 Å². The Morgan fingerprint density at radius 1 is 1.50 bits per heavy atom. The molecule has 2 N–H and O–H groups in total. The van der Waals surface area contributed by atoms with Gasteiger partial charge in [0.25, 0.3) is 0 Å². The number of carbonyl (C=O) groups is 1. The van der Waals surface area contributed by atoms with Gasteiger partial charge in [-0.3, -0.25) is 0 Å². The van der Waals surface area contributed by atoms with Crippen LogP contribution in [0, 0.1) is 6.92 Å². The smallest absolute Gasteiger partial charge is 0.336 e. The zero-order valence-electron chi connectivity index (χ0n) is 8.50. The molecule has 0 bridgehead atoms. The lowest BCUT2D eigenvalue weighted by atomic mass is 10.1. The average Bonchev–Trinajstić information content (AvgIpc) is 2.16. The zero-order valence-corrected chi connectivity index (χ0v) is 8.50. The van der Waals surface area contributed by atoms with Crippen molar-refractivity contribution in [2.75, 3.05) is 11.9 Å². The van der Waals surface area contributed by atoms with Crippen LogP contribution in [-0.2, 0) is 0 Å². The van der Waals surface area contributed by atoms with Crippen LogP contribution in [0.2, 0.25) is 0 Å². The van der Waals surface area contributed by atoms with Gasteiger partial charge in [-0.05, 0) is 31.0 Å². The standard InChI is InChI=1S/C11H15NO2/c1-3-7-12-10-6-4-5-9(8(10)2)11(13)14/h4-6,12H,3,7H2,1-2H3,(H,13,14). The van der Waals surface area contributed by atoms with Gasteiger partial charge >= 0.3 is 5.97 Å². The van der Waals surface area contributed by atoms with Gasteiger partial charge in [-0.25, -0.2) is 4.79 Å². The molecule has 1 aromatic rings. The molecule has 1 aromatic carbocycles. The minimum atomic E-state index is -0.873. The van der Waals surface area contributed by atoms with E-state index in [2.05, 4.69) is 12.2 Å². The van der Waals surface area contributed by atoms with Crippen LogP contribution in [0.25, 0.3) is 0 Å². The van der Waals surface area contributed by atoms with Crippen LogP contribution >= 0.6 is 0 Å². The van der Waals surface area contributed by atoms with Gasteiger partial charge in [-0.1, -0.05) is 13.0 Å². The predicted octanol–water partition coefficient (Wildman–Crippen LogP) is 2.52. The van der Waals surface area contributed by atoms with Gasteiger partial charge in [0.05, 0.1) is 5.56 Å². The molecule has 0 amide bonds. The largest absolute Gasteiger partial charge is 0.478 e. The summed E-state index contributed by atoms with van der Waals surface area (Å²) in [6.07, 6.45) is 1.02. The summed E-state index contributed by atoms with van der Waals surface area (Å²) in [4.78, 5) is 10.8. The Morgan fingerprint density at radius 2 is 2.21 bits per heavy atom. The van der Waals surface area contributed by atoms with Crippen molar-refractivity contribution in [2.24, 2.45) is 0 Å². The lowest BCUT2D eigenvalue weighted by molar-refractivity contribution is 0.0696. The van der Waals surface area contributed by atoms with Crippen molar-refractivity contribution in [3.63, 3.8) is 0 Å². The summed E-state index contributed by atoms with van der Waals surface area (Å²) in [5.41, 5.74) is 2.08. The molecule has 3 heteroatoms. The van der Waals surface area contributed by atoms with E-state index in [0.717, 1.165) is 24.2 Å². The van der Waals surface area contributed by atoms with E-state index in [1.165, 1.54) is 0 Å². The average molecular weight is 193 g/mol. The van der Waals surface area contributed by atoms with Gasteiger partial charge in [0, 0.05) is 12.2 Å². The molecule has 0 aromatic heterocycles. The predicted molar refractivity (Wildman–Crippen MR) is 56.9 cm³/mol. The Balaban J connectivity index is 2.95. The fraction of sp³-hybridized carbons (Fsp3) is 0.364. The molecule has 0 spiro atoms. The minimum Gasteiger partial charge on any atom is -0.478 e. The topological polar surface area (TPSA) is 49.3 Å². The Hall–Kier alpha value is -1.51. The number of hydrogen-bond donors (Lipinski definition) is 2. The molecule has 0 saturated heterocycles. The normalized spacial score (nSPS) is 9.86. The number of aromatic carboxylic acids is 1. The first-order valence-electron chi connectivity index (χ1n) is 4.73. The molecule has 1 rings (SSSR count). The summed E-state index contributed by atoms with van der Waals surface area (Å²) >= 11 is 0. The number of nitrogens with one attached hydrogen (secondary N) is 1. The molecule has 0 atom stereocenters. The first kappa shape index (κ1) is 10.6. The number of benzene rings is 1. The molecule has 0 aliphatic carbocycles. The highest BCUT2D eigenvalue weighted by Gasteiger charge is 2.08. The first-order valence-corrected chi connectivity index (χ1v) is 4.73. The molecule has 3 nitrogen and oxygen atoms in total. The second kappa shape index (κ2) is 4.65. The first-order chi connectivity index (χ1) is 6.66. The fourth-order valence-corrected chi connectivity index (χ4v) is 1.32. The van der Waals surface area contributed by atoms with E-state index in [1.54, 1.807) is 12.1 Å². The molecule has 0 aliphatic heterocycles.